The Morgan fingerprint density at radius 2 is 1.85 bits per heavy atom. The Labute approximate surface area is 156 Å². The predicted molar refractivity (Wildman–Crippen MR) is 102 cm³/mol. The molecule has 0 spiro atoms. The van der Waals surface area contributed by atoms with E-state index in [0.29, 0.717) is 23.3 Å². The van der Waals surface area contributed by atoms with E-state index >= 15 is 0 Å². The number of ketones is 1. The first-order chi connectivity index (χ1) is 12.6. The zero-order valence-corrected chi connectivity index (χ0v) is 15.8. The van der Waals surface area contributed by atoms with Crippen molar-refractivity contribution < 1.29 is 13.9 Å². The maximum absolute atomic E-state index is 12.3. The van der Waals surface area contributed by atoms with Crippen LogP contribution in [0.3, 0.4) is 0 Å². The molecule has 0 saturated carbocycles. The van der Waals surface area contributed by atoms with E-state index in [0.717, 1.165) is 11.3 Å². The van der Waals surface area contributed by atoms with Crippen LogP contribution < -0.4 is 4.74 Å². The van der Waals surface area contributed by atoms with Crippen molar-refractivity contribution in [3.63, 3.8) is 0 Å². The highest BCUT2D eigenvalue weighted by molar-refractivity contribution is 7.99. The molecular weight excluding hydrogens is 348 g/mol. The Morgan fingerprint density at radius 3 is 2.54 bits per heavy atom. The first-order valence-electron chi connectivity index (χ1n) is 8.37. The number of thioether (sulfide) groups is 1. The standard InChI is InChI=1S/C20H20N2O3S/c1-4-24-17-9-7-15(8-10-17)18(23)12-26-20-22-21-19(25-20)16-6-5-13(2)14(3)11-16/h5-11H,4,12H2,1-3H3. The summed E-state index contributed by atoms with van der Waals surface area (Å²) in [6.07, 6.45) is 0. The van der Waals surface area contributed by atoms with E-state index in [4.69, 9.17) is 9.15 Å². The van der Waals surface area contributed by atoms with E-state index in [2.05, 4.69) is 17.1 Å². The Bertz CT molecular complexity index is 904. The zero-order chi connectivity index (χ0) is 18.5. The Kier molecular flexibility index (Phi) is 5.73. The monoisotopic (exact) mass is 368 g/mol. The second-order valence-corrected chi connectivity index (χ2v) is 6.77. The van der Waals surface area contributed by atoms with Gasteiger partial charge in [0.05, 0.1) is 12.4 Å². The molecule has 0 unspecified atom stereocenters. The number of hydrogen-bond acceptors (Lipinski definition) is 6. The van der Waals surface area contributed by atoms with E-state index in [1.807, 2.05) is 32.0 Å². The summed E-state index contributed by atoms with van der Waals surface area (Å²) in [5.74, 6) is 1.46. The molecule has 1 aromatic heterocycles. The van der Waals surface area contributed by atoms with E-state index < -0.39 is 0 Å². The Hall–Kier alpha value is -2.60. The maximum atomic E-state index is 12.3. The van der Waals surface area contributed by atoms with Gasteiger partial charge in [0.25, 0.3) is 5.22 Å². The number of ether oxygens (including phenoxy) is 1. The number of carbonyl (C=O) groups is 1. The van der Waals surface area contributed by atoms with Crippen molar-refractivity contribution in [3.8, 4) is 17.2 Å². The lowest BCUT2D eigenvalue weighted by atomic mass is 10.1. The van der Waals surface area contributed by atoms with Crippen molar-refractivity contribution in [2.45, 2.75) is 26.0 Å². The molecule has 0 saturated heterocycles. The number of carbonyl (C=O) groups excluding carboxylic acids is 1. The van der Waals surface area contributed by atoms with Crippen LogP contribution in [0.4, 0.5) is 0 Å². The minimum Gasteiger partial charge on any atom is -0.494 e. The van der Waals surface area contributed by atoms with Crippen LogP contribution in [0.1, 0.15) is 28.4 Å². The fourth-order valence-electron chi connectivity index (χ4n) is 2.37. The van der Waals surface area contributed by atoms with Crippen LogP contribution in [0.25, 0.3) is 11.5 Å². The third-order valence-electron chi connectivity index (χ3n) is 3.97. The molecule has 6 heteroatoms. The summed E-state index contributed by atoms with van der Waals surface area (Å²) < 4.78 is 11.1. The summed E-state index contributed by atoms with van der Waals surface area (Å²) in [4.78, 5) is 12.3. The average Bonchev–Trinajstić information content (AvgIpc) is 3.12. The lowest BCUT2D eigenvalue weighted by Crippen LogP contribution is -2.02. The van der Waals surface area contributed by atoms with E-state index in [1.54, 1.807) is 24.3 Å². The second kappa shape index (κ2) is 8.19. The van der Waals surface area contributed by atoms with E-state index in [-0.39, 0.29) is 11.5 Å². The van der Waals surface area contributed by atoms with Crippen LogP contribution in [-0.2, 0) is 0 Å². The van der Waals surface area contributed by atoms with Crippen LogP contribution in [0.15, 0.2) is 52.1 Å². The largest absolute Gasteiger partial charge is 0.494 e. The third kappa shape index (κ3) is 4.32. The highest BCUT2D eigenvalue weighted by atomic mass is 32.2. The summed E-state index contributed by atoms with van der Waals surface area (Å²) in [6, 6.07) is 13.1. The fraction of sp³-hybridized carbons (Fsp3) is 0.250. The Balaban J connectivity index is 1.62. The molecule has 5 nitrogen and oxygen atoms in total. The first kappa shape index (κ1) is 18.2. The van der Waals surface area contributed by atoms with Gasteiger partial charge in [-0.1, -0.05) is 17.8 Å². The number of hydrogen-bond donors (Lipinski definition) is 0. The van der Waals surface area contributed by atoms with Crippen LogP contribution in [0, 0.1) is 13.8 Å². The number of nitrogens with zero attached hydrogens (tertiary/aromatic N) is 2. The number of benzene rings is 2. The quantitative estimate of drug-likeness (QED) is 0.444. The van der Waals surface area contributed by atoms with Gasteiger partial charge in [0.15, 0.2) is 5.78 Å². The summed E-state index contributed by atoms with van der Waals surface area (Å²) >= 11 is 1.24. The SMILES string of the molecule is CCOc1ccc(C(=O)CSc2nnc(-c3ccc(C)c(C)c3)o2)cc1. The molecule has 0 N–H and O–H groups in total. The minimum atomic E-state index is 0.00368. The van der Waals surface area contributed by atoms with Gasteiger partial charge in [-0.15, -0.1) is 10.2 Å². The molecule has 0 aliphatic rings. The van der Waals surface area contributed by atoms with Crippen LogP contribution in [-0.4, -0.2) is 28.3 Å². The molecule has 26 heavy (non-hydrogen) atoms. The number of rotatable bonds is 7. The van der Waals surface area contributed by atoms with Gasteiger partial charge in [0.1, 0.15) is 5.75 Å². The van der Waals surface area contributed by atoms with Gasteiger partial charge in [-0.3, -0.25) is 4.79 Å². The van der Waals surface area contributed by atoms with Crippen molar-refractivity contribution in [3.05, 3.63) is 59.2 Å². The van der Waals surface area contributed by atoms with Crippen molar-refractivity contribution in [1.82, 2.24) is 10.2 Å². The third-order valence-corrected chi connectivity index (χ3v) is 4.79. The normalized spacial score (nSPS) is 10.7. The molecule has 0 bridgehead atoms. The summed E-state index contributed by atoms with van der Waals surface area (Å²) in [7, 11) is 0. The van der Waals surface area contributed by atoms with Crippen molar-refractivity contribution in [2.24, 2.45) is 0 Å². The summed E-state index contributed by atoms with van der Waals surface area (Å²) in [5, 5.41) is 8.48. The second-order valence-electron chi connectivity index (χ2n) is 5.84. The van der Waals surface area contributed by atoms with Gasteiger partial charge in [-0.2, -0.15) is 0 Å². The van der Waals surface area contributed by atoms with Crippen molar-refractivity contribution >= 4 is 17.5 Å². The minimum absolute atomic E-state index is 0.00368. The van der Waals surface area contributed by atoms with Gasteiger partial charge < -0.3 is 9.15 Å². The van der Waals surface area contributed by atoms with Gasteiger partial charge in [0, 0.05) is 11.1 Å². The molecule has 3 aromatic rings. The lowest BCUT2D eigenvalue weighted by Gasteiger charge is -2.03. The molecule has 0 aliphatic heterocycles. The predicted octanol–water partition coefficient (Wildman–Crippen LogP) is 4.73. The molecule has 134 valence electrons. The molecule has 0 radical (unpaired) electrons. The van der Waals surface area contributed by atoms with Crippen molar-refractivity contribution in [1.29, 1.82) is 0 Å². The number of Topliss-reactive ketones (excluding diaryl/α,β-unsaturated/α-hetero) is 1. The summed E-state index contributed by atoms with van der Waals surface area (Å²) in [6.45, 7) is 6.62. The number of aryl methyl sites for hydroxylation is 2. The molecule has 0 fully saturated rings. The van der Waals surface area contributed by atoms with Crippen LogP contribution in [0.2, 0.25) is 0 Å². The van der Waals surface area contributed by atoms with Crippen LogP contribution in [0.5, 0.6) is 5.75 Å². The smallest absolute Gasteiger partial charge is 0.277 e. The van der Waals surface area contributed by atoms with Gasteiger partial charge in [-0.05, 0) is 68.3 Å². The van der Waals surface area contributed by atoms with E-state index in [9.17, 15) is 4.79 Å². The first-order valence-corrected chi connectivity index (χ1v) is 9.35. The average molecular weight is 368 g/mol. The molecule has 2 aromatic carbocycles. The lowest BCUT2D eigenvalue weighted by molar-refractivity contribution is 0.102. The Morgan fingerprint density at radius 1 is 1.08 bits per heavy atom. The van der Waals surface area contributed by atoms with Gasteiger partial charge in [-0.25, -0.2) is 0 Å². The summed E-state index contributed by atoms with van der Waals surface area (Å²) in [5.41, 5.74) is 3.89. The van der Waals surface area contributed by atoms with Gasteiger partial charge in [0.2, 0.25) is 5.89 Å². The molecule has 3 rings (SSSR count). The molecular formula is C20H20N2O3S. The van der Waals surface area contributed by atoms with E-state index in [1.165, 1.54) is 22.9 Å². The van der Waals surface area contributed by atoms with Gasteiger partial charge >= 0.3 is 0 Å². The topological polar surface area (TPSA) is 65.2 Å². The molecule has 0 aliphatic carbocycles. The molecule has 0 atom stereocenters. The zero-order valence-electron chi connectivity index (χ0n) is 15.0. The van der Waals surface area contributed by atoms with Crippen molar-refractivity contribution in [2.75, 3.05) is 12.4 Å². The maximum Gasteiger partial charge on any atom is 0.277 e. The molecule has 1 heterocycles. The fourth-order valence-corrected chi connectivity index (χ4v) is 3.03. The highest BCUT2D eigenvalue weighted by Gasteiger charge is 2.13. The molecule has 0 amide bonds. The van der Waals surface area contributed by atoms with Crippen LogP contribution >= 0.6 is 11.8 Å². The highest BCUT2D eigenvalue weighted by Crippen LogP contribution is 2.25. The number of aromatic nitrogens is 2.